The largest absolute Gasteiger partial charge is 0.497 e. The van der Waals surface area contributed by atoms with E-state index in [1.165, 1.54) is 19.4 Å². The van der Waals surface area contributed by atoms with Crippen LogP contribution in [0.15, 0.2) is 46.6 Å². The average molecular weight is 312 g/mol. The van der Waals surface area contributed by atoms with Gasteiger partial charge in [-0.3, -0.25) is 4.79 Å². The third-order valence-electron chi connectivity index (χ3n) is 3.11. The van der Waals surface area contributed by atoms with Gasteiger partial charge in [0.05, 0.1) is 27.0 Å². The summed E-state index contributed by atoms with van der Waals surface area (Å²) in [5, 5.41) is 11.8. The average Bonchev–Trinajstić information content (AvgIpc) is 3.11. The quantitative estimate of drug-likeness (QED) is 0.654. The first kappa shape index (κ1) is 16.2. The molecular formula is C17H16N2O4. The van der Waals surface area contributed by atoms with Gasteiger partial charge in [-0.05, 0) is 30.3 Å². The van der Waals surface area contributed by atoms with E-state index in [0.29, 0.717) is 22.8 Å². The van der Waals surface area contributed by atoms with Crippen molar-refractivity contribution in [3.8, 4) is 17.6 Å². The van der Waals surface area contributed by atoms with Crippen molar-refractivity contribution in [3.05, 3.63) is 53.5 Å². The van der Waals surface area contributed by atoms with Gasteiger partial charge in [0.2, 0.25) is 0 Å². The van der Waals surface area contributed by atoms with Gasteiger partial charge in [0.1, 0.15) is 28.9 Å². The lowest BCUT2D eigenvalue weighted by atomic mass is 10.1. The summed E-state index contributed by atoms with van der Waals surface area (Å²) in [5.74, 6) is 1.26. The molecular weight excluding hydrogens is 296 g/mol. The van der Waals surface area contributed by atoms with Crippen molar-refractivity contribution in [2.24, 2.45) is 0 Å². The molecule has 0 saturated carbocycles. The summed E-state index contributed by atoms with van der Waals surface area (Å²) in [4.78, 5) is 12.1. The summed E-state index contributed by atoms with van der Waals surface area (Å²) < 4.78 is 15.5. The van der Waals surface area contributed by atoms with Crippen LogP contribution >= 0.6 is 0 Å². The second-order valence-corrected chi connectivity index (χ2v) is 4.54. The van der Waals surface area contributed by atoms with Gasteiger partial charge < -0.3 is 19.2 Å². The molecule has 0 aliphatic rings. The van der Waals surface area contributed by atoms with Crippen molar-refractivity contribution >= 4 is 12.0 Å². The first-order valence-corrected chi connectivity index (χ1v) is 6.82. The van der Waals surface area contributed by atoms with E-state index in [2.05, 4.69) is 5.32 Å². The highest BCUT2D eigenvalue weighted by molar-refractivity contribution is 6.01. The molecule has 0 fully saturated rings. The SMILES string of the molecule is COc1ccc(/C=C(/C#N)C(=O)NCc2ccco2)c(OC)c1. The summed E-state index contributed by atoms with van der Waals surface area (Å²) in [6.45, 7) is 0.213. The molecule has 1 amide bonds. The summed E-state index contributed by atoms with van der Waals surface area (Å²) >= 11 is 0. The lowest BCUT2D eigenvalue weighted by molar-refractivity contribution is -0.117. The Kier molecular flexibility index (Phi) is 5.42. The van der Waals surface area contributed by atoms with E-state index in [9.17, 15) is 10.1 Å². The predicted octanol–water partition coefficient (Wildman–Crippen LogP) is 2.52. The molecule has 0 atom stereocenters. The van der Waals surface area contributed by atoms with Gasteiger partial charge in [-0.15, -0.1) is 0 Å². The molecule has 1 heterocycles. The molecule has 1 aromatic carbocycles. The van der Waals surface area contributed by atoms with Crippen molar-refractivity contribution in [2.75, 3.05) is 14.2 Å². The van der Waals surface area contributed by atoms with E-state index in [1.807, 2.05) is 6.07 Å². The Morgan fingerprint density at radius 2 is 2.17 bits per heavy atom. The second-order valence-electron chi connectivity index (χ2n) is 4.54. The van der Waals surface area contributed by atoms with Gasteiger partial charge in [0.25, 0.3) is 5.91 Å². The number of nitriles is 1. The monoisotopic (exact) mass is 312 g/mol. The molecule has 0 bridgehead atoms. The van der Waals surface area contributed by atoms with Crippen LogP contribution in [0.4, 0.5) is 0 Å². The van der Waals surface area contributed by atoms with E-state index in [4.69, 9.17) is 13.9 Å². The topological polar surface area (TPSA) is 84.5 Å². The van der Waals surface area contributed by atoms with E-state index in [0.717, 1.165) is 0 Å². The van der Waals surface area contributed by atoms with Crippen LogP contribution in [0.25, 0.3) is 6.08 Å². The molecule has 118 valence electrons. The molecule has 6 heteroatoms. The zero-order chi connectivity index (χ0) is 16.7. The van der Waals surface area contributed by atoms with E-state index < -0.39 is 5.91 Å². The molecule has 0 aliphatic carbocycles. The number of carbonyl (C=O) groups is 1. The van der Waals surface area contributed by atoms with Gasteiger partial charge >= 0.3 is 0 Å². The summed E-state index contributed by atoms with van der Waals surface area (Å²) in [6, 6.07) is 10.5. The number of ether oxygens (including phenoxy) is 2. The van der Waals surface area contributed by atoms with Gasteiger partial charge in [-0.2, -0.15) is 5.26 Å². The first-order chi connectivity index (χ1) is 11.2. The van der Waals surface area contributed by atoms with Crippen molar-refractivity contribution in [2.45, 2.75) is 6.54 Å². The van der Waals surface area contributed by atoms with Crippen molar-refractivity contribution < 1.29 is 18.7 Å². The number of hydrogen-bond donors (Lipinski definition) is 1. The molecule has 0 saturated heterocycles. The van der Waals surface area contributed by atoms with Crippen LogP contribution in [0.2, 0.25) is 0 Å². The minimum absolute atomic E-state index is 0.0278. The Hall–Kier alpha value is -3.20. The molecule has 0 aliphatic heterocycles. The third-order valence-corrected chi connectivity index (χ3v) is 3.11. The minimum atomic E-state index is -0.484. The van der Waals surface area contributed by atoms with Crippen LogP contribution in [-0.4, -0.2) is 20.1 Å². The normalized spacial score (nSPS) is 10.7. The molecule has 2 rings (SSSR count). The van der Waals surface area contributed by atoms with Crippen LogP contribution in [0.1, 0.15) is 11.3 Å². The molecule has 0 radical (unpaired) electrons. The fourth-order valence-electron chi connectivity index (χ4n) is 1.92. The molecule has 23 heavy (non-hydrogen) atoms. The van der Waals surface area contributed by atoms with Gasteiger partial charge in [-0.25, -0.2) is 0 Å². The highest BCUT2D eigenvalue weighted by atomic mass is 16.5. The van der Waals surface area contributed by atoms with Crippen LogP contribution < -0.4 is 14.8 Å². The lowest BCUT2D eigenvalue weighted by Crippen LogP contribution is -2.23. The number of amides is 1. The summed E-state index contributed by atoms with van der Waals surface area (Å²) in [6.07, 6.45) is 2.99. The molecule has 1 N–H and O–H groups in total. The van der Waals surface area contributed by atoms with Gasteiger partial charge in [0.15, 0.2) is 0 Å². The standard InChI is InChI=1S/C17H16N2O4/c1-21-14-6-5-12(16(9-14)22-2)8-13(10-18)17(20)19-11-15-4-3-7-23-15/h3-9H,11H2,1-2H3,(H,19,20)/b13-8-. The van der Waals surface area contributed by atoms with E-state index >= 15 is 0 Å². The zero-order valence-electron chi connectivity index (χ0n) is 12.8. The minimum Gasteiger partial charge on any atom is -0.497 e. The summed E-state index contributed by atoms with van der Waals surface area (Å²) in [5.41, 5.74) is 0.582. The number of nitrogens with one attached hydrogen (secondary N) is 1. The molecule has 1 aromatic heterocycles. The molecule has 6 nitrogen and oxygen atoms in total. The number of carbonyl (C=O) groups excluding carboxylic acids is 1. The fourth-order valence-corrected chi connectivity index (χ4v) is 1.92. The van der Waals surface area contributed by atoms with E-state index in [-0.39, 0.29) is 12.1 Å². The maximum Gasteiger partial charge on any atom is 0.262 e. The molecule has 0 spiro atoms. The van der Waals surface area contributed by atoms with Crippen molar-refractivity contribution in [1.82, 2.24) is 5.32 Å². The Labute approximate surface area is 133 Å². The maximum absolute atomic E-state index is 12.1. The van der Waals surface area contributed by atoms with Crippen LogP contribution in [0.5, 0.6) is 11.5 Å². The Balaban J connectivity index is 2.17. The number of furan rings is 1. The number of methoxy groups -OCH3 is 2. The van der Waals surface area contributed by atoms with E-state index in [1.54, 1.807) is 37.4 Å². The van der Waals surface area contributed by atoms with Crippen LogP contribution in [0, 0.1) is 11.3 Å². The highest BCUT2D eigenvalue weighted by Gasteiger charge is 2.11. The number of nitrogens with zero attached hydrogens (tertiary/aromatic N) is 1. The zero-order valence-corrected chi connectivity index (χ0v) is 12.8. The van der Waals surface area contributed by atoms with Crippen molar-refractivity contribution in [3.63, 3.8) is 0 Å². The maximum atomic E-state index is 12.1. The van der Waals surface area contributed by atoms with Crippen LogP contribution in [-0.2, 0) is 11.3 Å². The smallest absolute Gasteiger partial charge is 0.262 e. The third kappa shape index (κ3) is 4.14. The highest BCUT2D eigenvalue weighted by Crippen LogP contribution is 2.26. The van der Waals surface area contributed by atoms with Crippen LogP contribution in [0.3, 0.4) is 0 Å². The lowest BCUT2D eigenvalue weighted by Gasteiger charge is -2.08. The Morgan fingerprint density at radius 3 is 2.78 bits per heavy atom. The first-order valence-electron chi connectivity index (χ1n) is 6.82. The Morgan fingerprint density at radius 1 is 1.35 bits per heavy atom. The second kappa shape index (κ2) is 7.71. The van der Waals surface area contributed by atoms with Gasteiger partial charge in [0, 0.05) is 11.6 Å². The number of hydrogen-bond acceptors (Lipinski definition) is 5. The number of benzene rings is 1. The Bertz CT molecular complexity index is 742. The molecule has 0 unspecified atom stereocenters. The summed E-state index contributed by atoms with van der Waals surface area (Å²) in [7, 11) is 3.06. The molecule has 2 aromatic rings. The predicted molar refractivity (Wildman–Crippen MR) is 83.7 cm³/mol. The van der Waals surface area contributed by atoms with Crippen molar-refractivity contribution in [1.29, 1.82) is 5.26 Å². The number of rotatable bonds is 6. The fraction of sp³-hybridized carbons (Fsp3) is 0.176. The van der Waals surface area contributed by atoms with Gasteiger partial charge in [-0.1, -0.05) is 0 Å².